The van der Waals surface area contributed by atoms with Crippen LogP contribution in [0.3, 0.4) is 0 Å². The molecule has 0 aromatic heterocycles. The minimum absolute atomic E-state index is 0.0248. The van der Waals surface area contributed by atoms with Gasteiger partial charge >= 0.3 is 11.9 Å². The van der Waals surface area contributed by atoms with Crippen molar-refractivity contribution in [1.82, 2.24) is 0 Å². The zero-order chi connectivity index (χ0) is 20.6. The number of thiocarbonyl (C=S) groups is 1. The highest BCUT2D eigenvalue weighted by Crippen LogP contribution is 2.37. The Bertz CT molecular complexity index is 1050. The molecule has 0 radical (unpaired) electrons. The number of hydrogen-bond donors (Lipinski definition) is 4. The van der Waals surface area contributed by atoms with E-state index >= 15 is 0 Å². The number of thioether (sulfide) groups is 1. The van der Waals surface area contributed by atoms with Gasteiger partial charge in [0.25, 0.3) is 5.91 Å². The number of aromatic hydroxyl groups is 2. The molecule has 1 aliphatic rings. The highest BCUT2D eigenvalue weighted by molar-refractivity contribution is 8.27. The van der Waals surface area contributed by atoms with Crippen LogP contribution in [0.4, 0.5) is 5.69 Å². The number of carbonyl (C=O) groups excluding carboxylic acids is 1. The summed E-state index contributed by atoms with van der Waals surface area (Å²) >= 11 is 6.14. The van der Waals surface area contributed by atoms with Crippen LogP contribution in [-0.2, 0) is 4.79 Å². The Kier molecular flexibility index (Phi) is 5.08. The molecule has 8 nitrogen and oxygen atoms in total. The van der Waals surface area contributed by atoms with E-state index < -0.39 is 17.8 Å². The molecule has 142 valence electrons. The third kappa shape index (κ3) is 3.68. The Morgan fingerprint density at radius 1 is 0.964 bits per heavy atom. The van der Waals surface area contributed by atoms with Gasteiger partial charge in [-0.15, -0.1) is 0 Å². The predicted molar refractivity (Wildman–Crippen MR) is 106 cm³/mol. The fourth-order valence-corrected chi connectivity index (χ4v) is 3.76. The molecule has 0 bridgehead atoms. The van der Waals surface area contributed by atoms with Crippen LogP contribution >= 0.6 is 24.0 Å². The number of carboxylic acid groups (broad SMARTS) is 2. The number of phenolic OH excluding ortho intramolecular Hbond substituents is 2. The second-order valence-corrected chi connectivity index (χ2v) is 7.32. The molecule has 0 spiro atoms. The topological polar surface area (TPSA) is 135 Å². The molecule has 2 aromatic rings. The highest BCUT2D eigenvalue weighted by Gasteiger charge is 2.34. The van der Waals surface area contributed by atoms with Crippen molar-refractivity contribution in [1.29, 1.82) is 0 Å². The molecule has 10 heteroatoms. The molecule has 1 saturated heterocycles. The van der Waals surface area contributed by atoms with Gasteiger partial charge in [0.15, 0.2) is 15.8 Å². The van der Waals surface area contributed by atoms with Crippen LogP contribution in [0.2, 0.25) is 0 Å². The minimum atomic E-state index is -1.34. The van der Waals surface area contributed by atoms with Crippen molar-refractivity contribution in [3.05, 3.63) is 58.0 Å². The van der Waals surface area contributed by atoms with Gasteiger partial charge < -0.3 is 20.4 Å². The Labute approximate surface area is 167 Å². The van der Waals surface area contributed by atoms with Crippen molar-refractivity contribution in [2.24, 2.45) is 0 Å². The fraction of sp³-hybridized carbons (Fsp3) is 0. The number of nitrogens with zero attached hydrogens (tertiary/aromatic N) is 1. The number of rotatable bonds is 4. The van der Waals surface area contributed by atoms with E-state index in [-0.39, 0.29) is 37.5 Å². The molecule has 1 heterocycles. The van der Waals surface area contributed by atoms with Crippen LogP contribution in [-0.4, -0.2) is 42.6 Å². The molecule has 0 unspecified atom stereocenters. The molecular weight excluding hydrogens is 406 g/mol. The van der Waals surface area contributed by atoms with Crippen molar-refractivity contribution in [3.8, 4) is 11.5 Å². The Balaban J connectivity index is 2.02. The number of hydrogen-bond acceptors (Lipinski definition) is 7. The summed E-state index contributed by atoms with van der Waals surface area (Å²) in [6, 6.07) is 7.31. The van der Waals surface area contributed by atoms with Crippen molar-refractivity contribution < 1.29 is 34.8 Å². The zero-order valence-corrected chi connectivity index (χ0v) is 15.5. The minimum Gasteiger partial charge on any atom is -0.504 e. The number of anilines is 1. The van der Waals surface area contributed by atoms with Crippen molar-refractivity contribution >= 4 is 57.9 Å². The molecular formula is C18H11NO7S2. The number of phenols is 2. The van der Waals surface area contributed by atoms with Crippen LogP contribution in [0.15, 0.2) is 41.3 Å². The Morgan fingerprint density at radius 3 is 2.11 bits per heavy atom. The summed E-state index contributed by atoms with van der Waals surface area (Å²) in [6.07, 6.45) is 1.44. The van der Waals surface area contributed by atoms with E-state index in [4.69, 9.17) is 12.2 Å². The van der Waals surface area contributed by atoms with Gasteiger partial charge in [0.2, 0.25) is 0 Å². The fourth-order valence-electron chi connectivity index (χ4n) is 2.46. The van der Waals surface area contributed by atoms with Gasteiger partial charge in [0, 0.05) is 0 Å². The standard InChI is InChI=1S/C18H11NO7S2/c20-12-2-1-8(3-13(12)21)4-14-15(22)19(18(27)28-14)11-6-9(16(23)24)5-10(7-11)17(25)26/h1-7,20-21H,(H,23,24)(H,25,26)/b14-4-. The van der Waals surface area contributed by atoms with E-state index in [1.54, 1.807) is 0 Å². The maximum Gasteiger partial charge on any atom is 0.335 e. The smallest absolute Gasteiger partial charge is 0.335 e. The third-order valence-electron chi connectivity index (χ3n) is 3.76. The van der Waals surface area contributed by atoms with Crippen molar-refractivity contribution in [2.45, 2.75) is 0 Å². The normalized spacial score (nSPS) is 15.3. The van der Waals surface area contributed by atoms with Crippen molar-refractivity contribution in [3.63, 3.8) is 0 Å². The zero-order valence-electron chi connectivity index (χ0n) is 13.8. The third-order valence-corrected chi connectivity index (χ3v) is 5.06. The molecule has 0 aliphatic carbocycles. The SMILES string of the molecule is O=C(O)c1cc(C(=O)O)cc(N2C(=O)/C(=C/c3ccc(O)c(O)c3)SC2=S)c1. The van der Waals surface area contributed by atoms with Gasteiger partial charge in [-0.25, -0.2) is 9.59 Å². The molecule has 1 aliphatic heterocycles. The predicted octanol–water partition coefficient (Wildman–Crippen LogP) is 2.90. The second kappa shape index (κ2) is 7.33. The summed E-state index contributed by atoms with van der Waals surface area (Å²) in [5, 5.41) is 37.3. The summed E-state index contributed by atoms with van der Waals surface area (Å²) in [6.45, 7) is 0. The largest absolute Gasteiger partial charge is 0.504 e. The van der Waals surface area contributed by atoms with Gasteiger partial charge in [-0.2, -0.15) is 0 Å². The molecule has 3 rings (SSSR count). The molecule has 1 amide bonds. The van der Waals surface area contributed by atoms with Crippen LogP contribution in [0, 0.1) is 0 Å². The molecule has 1 fully saturated rings. The van der Waals surface area contributed by atoms with Gasteiger partial charge in [0.05, 0.1) is 21.7 Å². The monoisotopic (exact) mass is 417 g/mol. The first-order valence-corrected chi connectivity index (χ1v) is 8.81. The summed E-state index contributed by atoms with van der Waals surface area (Å²) in [5.74, 6) is -3.92. The number of carboxylic acids is 2. The maximum absolute atomic E-state index is 12.8. The number of aromatic carboxylic acids is 2. The lowest BCUT2D eigenvalue weighted by atomic mass is 10.1. The van der Waals surface area contributed by atoms with Crippen LogP contribution < -0.4 is 4.90 Å². The number of carbonyl (C=O) groups is 3. The lowest BCUT2D eigenvalue weighted by Crippen LogP contribution is -2.28. The average molecular weight is 417 g/mol. The lowest BCUT2D eigenvalue weighted by molar-refractivity contribution is -0.113. The van der Waals surface area contributed by atoms with Gasteiger partial charge in [-0.05, 0) is 42.0 Å². The first-order valence-electron chi connectivity index (χ1n) is 7.59. The van der Waals surface area contributed by atoms with Gasteiger partial charge in [-0.3, -0.25) is 9.69 Å². The summed E-state index contributed by atoms with van der Waals surface area (Å²) in [5.41, 5.74) is -0.133. The number of benzene rings is 2. The number of amides is 1. The van der Waals surface area contributed by atoms with E-state index in [0.29, 0.717) is 5.56 Å². The summed E-state index contributed by atoms with van der Waals surface area (Å²) in [7, 11) is 0. The highest BCUT2D eigenvalue weighted by atomic mass is 32.2. The molecule has 28 heavy (non-hydrogen) atoms. The molecule has 0 saturated carbocycles. The lowest BCUT2D eigenvalue weighted by Gasteiger charge is -2.16. The van der Waals surface area contributed by atoms with Gasteiger partial charge in [-0.1, -0.05) is 30.0 Å². The Hall–Kier alpha value is -3.37. The quantitative estimate of drug-likeness (QED) is 0.336. The van der Waals surface area contributed by atoms with Crippen LogP contribution in [0.25, 0.3) is 6.08 Å². The molecule has 0 atom stereocenters. The van der Waals surface area contributed by atoms with E-state index in [1.807, 2.05) is 0 Å². The summed E-state index contributed by atoms with van der Waals surface area (Å²) in [4.78, 5) is 36.6. The van der Waals surface area contributed by atoms with E-state index in [1.165, 1.54) is 24.3 Å². The molecule has 2 aromatic carbocycles. The van der Waals surface area contributed by atoms with Gasteiger partial charge in [0.1, 0.15) is 0 Å². The maximum atomic E-state index is 12.8. The van der Waals surface area contributed by atoms with Crippen molar-refractivity contribution in [2.75, 3.05) is 4.90 Å². The van der Waals surface area contributed by atoms with Crippen LogP contribution in [0.1, 0.15) is 26.3 Å². The molecule has 4 N–H and O–H groups in total. The first kappa shape index (κ1) is 19.4. The second-order valence-electron chi connectivity index (χ2n) is 5.64. The van der Waals surface area contributed by atoms with E-state index in [9.17, 15) is 34.8 Å². The summed E-state index contributed by atoms with van der Waals surface area (Å²) < 4.78 is 0.0955. The van der Waals surface area contributed by atoms with E-state index in [2.05, 4.69) is 0 Å². The average Bonchev–Trinajstić information content (AvgIpc) is 2.91. The van der Waals surface area contributed by atoms with E-state index in [0.717, 1.165) is 34.9 Å². The first-order chi connectivity index (χ1) is 13.2. The van der Waals surface area contributed by atoms with Crippen LogP contribution in [0.5, 0.6) is 11.5 Å². The Morgan fingerprint density at radius 2 is 1.57 bits per heavy atom.